The summed E-state index contributed by atoms with van der Waals surface area (Å²) < 4.78 is 16.9. The third-order valence-electron chi connectivity index (χ3n) is 13.7. The molecule has 0 aromatic heterocycles. The molecule has 0 aliphatic carbocycles. The van der Waals surface area contributed by atoms with Crippen molar-refractivity contribution >= 4 is 17.9 Å². The van der Waals surface area contributed by atoms with E-state index in [4.69, 9.17) is 14.2 Å². The van der Waals surface area contributed by atoms with Gasteiger partial charge in [0.15, 0.2) is 6.10 Å². The van der Waals surface area contributed by atoms with E-state index in [-0.39, 0.29) is 31.1 Å². The van der Waals surface area contributed by atoms with E-state index in [2.05, 4.69) is 81.5 Å². The molecule has 1 unspecified atom stereocenters. The fourth-order valence-corrected chi connectivity index (χ4v) is 8.97. The van der Waals surface area contributed by atoms with Crippen LogP contribution in [-0.4, -0.2) is 37.2 Å². The van der Waals surface area contributed by atoms with Gasteiger partial charge in [-0.2, -0.15) is 0 Å². The zero-order valence-corrected chi connectivity index (χ0v) is 47.9. The molecule has 72 heavy (non-hydrogen) atoms. The Balaban J connectivity index is 4.29. The van der Waals surface area contributed by atoms with Crippen LogP contribution in [0.4, 0.5) is 0 Å². The summed E-state index contributed by atoms with van der Waals surface area (Å²) in [6.45, 7) is 6.61. The van der Waals surface area contributed by atoms with Gasteiger partial charge in [0.2, 0.25) is 0 Å². The van der Waals surface area contributed by atoms with Crippen LogP contribution in [0.15, 0.2) is 60.8 Å². The summed E-state index contributed by atoms with van der Waals surface area (Å²) in [5.74, 6) is -0.891. The van der Waals surface area contributed by atoms with Crippen molar-refractivity contribution in [2.75, 3.05) is 13.2 Å². The molecule has 0 saturated carbocycles. The maximum Gasteiger partial charge on any atom is 0.306 e. The highest BCUT2D eigenvalue weighted by atomic mass is 16.6. The van der Waals surface area contributed by atoms with Crippen LogP contribution in [0, 0.1) is 0 Å². The van der Waals surface area contributed by atoms with Gasteiger partial charge in [-0.15, -0.1) is 0 Å². The maximum atomic E-state index is 12.9. The van der Waals surface area contributed by atoms with Crippen molar-refractivity contribution in [3.8, 4) is 0 Å². The zero-order valence-electron chi connectivity index (χ0n) is 47.9. The lowest BCUT2D eigenvalue weighted by molar-refractivity contribution is -0.167. The van der Waals surface area contributed by atoms with Crippen molar-refractivity contribution in [3.05, 3.63) is 60.8 Å². The van der Waals surface area contributed by atoms with Gasteiger partial charge < -0.3 is 14.2 Å². The van der Waals surface area contributed by atoms with E-state index in [0.29, 0.717) is 19.3 Å². The van der Waals surface area contributed by atoms with Crippen molar-refractivity contribution in [2.45, 2.75) is 329 Å². The summed E-state index contributed by atoms with van der Waals surface area (Å²) in [5, 5.41) is 0. The van der Waals surface area contributed by atoms with Gasteiger partial charge in [-0.25, -0.2) is 0 Å². The highest BCUT2D eigenvalue weighted by Gasteiger charge is 2.19. The van der Waals surface area contributed by atoms with E-state index in [1.165, 1.54) is 186 Å². The molecule has 0 aliphatic heterocycles. The Hall–Kier alpha value is -2.89. The first-order valence-electron chi connectivity index (χ1n) is 31.3. The zero-order chi connectivity index (χ0) is 52.2. The van der Waals surface area contributed by atoms with Crippen molar-refractivity contribution in [1.29, 1.82) is 0 Å². The number of allylic oxidation sites excluding steroid dienone is 10. The summed E-state index contributed by atoms with van der Waals surface area (Å²) in [7, 11) is 0. The number of carbonyl (C=O) groups is 3. The molecule has 0 amide bonds. The van der Waals surface area contributed by atoms with Crippen molar-refractivity contribution in [2.24, 2.45) is 0 Å². The molecule has 0 spiro atoms. The van der Waals surface area contributed by atoms with Crippen molar-refractivity contribution < 1.29 is 28.6 Å². The van der Waals surface area contributed by atoms with Gasteiger partial charge in [0.1, 0.15) is 13.2 Å². The first-order valence-corrected chi connectivity index (χ1v) is 31.3. The van der Waals surface area contributed by atoms with E-state index in [0.717, 1.165) is 96.3 Å². The predicted molar refractivity (Wildman–Crippen MR) is 312 cm³/mol. The molecule has 0 aliphatic rings. The monoisotopic (exact) mass is 1010 g/mol. The molecule has 0 aromatic carbocycles. The first kappa shape index (κ1) is 69.1. The lowest BCUT2D eigenvalue weighted by Gasteiger charge is -2.18. The average molecular weight is 1010 g/mol. The quantitative estimate of drug-likeness (QED) is 0.0261. The summed E-state index contributed by atoms with van der Waals surface area (Å²) in [6, 6.07) is 0. The number of hydrogen-bond acceptors (Lipinski definition) is 6. The minimum absolute atomic E-state index is 0.0812. The van der Waals surface area contributed by atoms with Crippen molar-refractivity contribution in [1.82, 2.24) is 0 Å². The normalized spacial score (nSPS) is 12.4. The minimum atomic E-state index is -0.785. The molecule has 0 rings (SSSR count). The molecule has 0 heterocycles. The number of carbonyl (C=O) groups excluding carboxylic acids is 3. The fraction of sp³-hybridized carbons (Fsp3) is 0.803. The van der Waals surface area contributed by atoms with Gasteiger partial charge in [-0.1, -0.05) is 255 Å². The number of ether oxygens (including phenoxy) is 3. The molecular weight excluding hydrogens is 889 g/mol. The van der Waals surface area contributed by atoms with Gasteiger partial charge in [0.25, 0.3) is 0 Å². The number of rotatable bonds is 57. The highest BCUT2D eigenvalue weighted by Crippen LogP contribution is 2.16. The Morgan fingerprint density at radius 2 is 0.500 bits per heavy atom. The molecule has 418 valence electrons. The highest BCUT2D eigenvalue weighted by molar-refractivity contribution is 5.71. The number of esters is 3. The molecule has 0 saturated heterocycles. The molecule has 0 aromatic rings. The SMILES string of the molecule is CCCCC/C=C\C/C=C\CCCCCCCC(=O)OC(COC(=O)CCCCCCC/C=C\CCCCCCC)COC(=O)CCCCCCCCCCCCCCC/C=C\C/C=C\CCCCCCC. The van der Waals surface area contributed by atoms with Crippen LogP contribution in [-0.2, 0) is 28.6 Å². The number of hydrogen-bond donors (Lipinski definition) is 0. The maximum absolute atomic E-state index is 12.9. The third kappa shape index (κ3) is 58.0. The summed E-state index contributed by atoms with van der Waals surface area (Å²) >= 11 is 0. The van der Waals surface area contributed by atoms with E-state index in [1.807, 2.05) is 0 Å². The van der Waals surface area contributed by atoms with Crippen molar-refractivity contribution in [3.63, 3.8) is 0 Å². The van der Waals surface area contributed by atoms with Gasteiger partial charge in [0.05, 0.1) is 0 Å². The first-order chi connectivity index (χ1) is 35.5. The van der Waals surface area contributed by atoms with E-state index < -0.39 is 6.10 Å². The molecule has 1 atom stereocenters. The molecular formula is C66H118O6. The minimum Gasteiger partial charge on any atom is -0.462 e. The molecule has 6 heteroatoms. The van der Waals surface area contributed by atoms with E-state index in [1.54, 1.807) is 0 Å². The summed E-state index contributed by atoms with van der Waals surface area (Å²) in [5.41, 5.74) is 0. The third-order valence-corrected chi connectivity index (χ3v) is 13.7. The molecule has 0 radical (unpaired) electrons. The molecule has 0 N–H and O–H groups in total. The van der Waals surface area contributed by atoms with E-state index >= 15 is 0 Å². The Morgan fingerprint density at radius 3 is 0.806 bits per heavy atom. The second kappa shape index (κ2) is 60.7. The van der Waals surface area contributed by atoms with Crippen LogP contribution in [0.2, 0.25) is 0 Å². The lowest BCUT2D eigenvalue weighted by atomic mass is 10.0. The summed E-state index contributed by atoms with van der Waals surface area (Å²) in [4.78, 5) is 38.2. The van der Waals surface area contributed by atoms with E-state index in [9.17, 15) is 14.4 Å². The molecule has 0 bridgehead atoms. The van der Waals surface area contributed by atoms with Crippen LogP contribution in [0.3, 0.4) is 0 Å². The summed E-state index contributed by atoms with van der Waals surface area (Å²) in [6.07, 6.45) is 76.5. The standard InChI is InChI=1S/C66H118O6/c1-4-7-10-13-16-19-22-25-28-29-30-31-32-33-34-35-36-37-39-41-44-47-50-53-56-59-65(68)71-62-63(61-70-64(67)58-55-52-49-46-43-40-27-24-21-18-15-12-9-6-3)72-66(69)60-57-54-51-48-45-42-38-26-23-20-17-14-11-8-5-2/h17,20,22,24-27,29-30,38,63H,4-16,18-19,21,23,28,31-37,39-62H2,1-3H3/b20-17-,25-22-,27-24-,30-29-,38-26-. The smallest absolute Gasteiger partial charge is 0.306 e. The van der Waals surface area contributed by atoms with Gasteiger partial charge in [-0.3, -0.25) is 14.4 Å². The fourth-order valence-electron chi connectivity index (χ4n) is 8.97. The second-order valence-electron chi connectivity index (χ2n) is 21.0. The number of unbranched alkanes of at least 4 members (excludes halogenated alkanes) is 36. The topological polar surface area (TPSA) is 78.9 Å². The van der Waals surface area contributed by atoms with Crippen LogP contribution in [0.1, 0.15) is 323 Å². The largest absolute Gasteiger partial charge is 0.462 e. The Kier molecular flexibility index (Phi) is 58.2. The van der Waals surface area contributed by atoms with Crippen LogP contribution in [0.5, 0.6) is 0 Å². The average Bonchev–Trinajstić information content (AvgIpc) is 3.38. The van der Waals surface area contributed by atoms with Gasteiger partial charge >= 0.3 is 17.9 Å². The Labute approximate surface area is 447 Å². The van der Waals surface area contributed by atoms with Crippen LogP contribution < -0.4 is 0 Å². The molecule has 0 fully saturated rings. The second-order valence-corrected chi connectivity index (χ2v) is 21.0. The van der Waals surface area contributed by atoms with Crippen LogP contribution >= 0.6 is 0 Å². The predicted octanol–water partition coefficient (Wildman–Crippen LogP) is 21.2. The Bertz CT molecular complexity index is 1290. The lowest BCUT2D eigenvalue weighted by Crippen LogP contribution is -2.30. The van der Waals surface area contributed by atoms with Gasteiger partial charge in [-0.05, 0) is 109 Å². The Morgan fingerprint density at radius 1 is 0.278 bits per heavy atom. The van der Waals surface area contributed by atoms with Crippen LogP contribution in [0.25, 0.3) is 0 Å². The van der Waals surface area contributed by atoms with Gasteiger partial charge in [0, 0.05) is 19.3 Å². The molecule has 6 nitrogen and oxygen atoms in total.